The van der Waals surface area contributed by atoms with Gasteiger partial charge in [0.05, 0.1) is 23.9 Å². The monoisotopic (exact) mass is 542 g/mol. The maximum Gasteiger partial charge on any atom is 0.174 e. The third-order valence-corrected chi connectivity index (χ3v) is 8.26. The Morgan fingerprint density at radius 3 is 2.34 bits per heavy atom. The third kappa shape index (κ3) is 4.67. The van der Waals surface area contributed by atoms with Crippen LogP contribution >= 0.6 is 23.8 Å². The van der Waals surface area contributed by atoms with Gasteiger partial charge in [-0.3, -0.25) is 4.98 Å². The minimum Gasteiger partial charge on any atom is -0.490 e. The van der Waals surface area contributed by atoms with Gasteiger partial charge >= 0.3 is 0 Å². The van der Waals surface area contributed by atoms with E-state index in [1.165, 1.54) is 18.4 Å². The van der Waals surface area contributed by atoms with Crippen molar-refractivity contribution in [2.24, 2.45) is 0 Å². The molecule has 1 saturated heterocycles. The number of halogens is 1. The Bertz CT molecular complexity index is 1430. The highest BCUT2D eigenvalue weighted by molar-refractivity contribution is 7.80. The number of thiocarbonyl (C=S) groups is 1. The highest BCUT2D eigenvalue weighted by atomic mass is 35.5. The summed E-state index contributed by atoms with van der Waals surface area (Å²) < 4.78 is 8.50. The number of hydrogen-bond acceptors (Lipinski definition) is 3. The molecule has 2 fully saturated rings. The van der Waals surface area contributed by atoms with Gasteiger partial charge in [0.2, 0.25) is 0 Å². The molecular formula is C31H31ClN4OS. The van der Waals surface area contributed by atoms with Crippen molar-refractivity contribution in [2.45, 2.75) is 57.7 Å². The van der Waals surface area contributed by atoms with Crippen LogP contribution in [0.25, 0.3) is 5.69 Å². The van der Waals surface area contributed by atoms with Crippen LogP contribution in [0.5, 0.6) is 5.75 Å². The highest BCUT2D eigenvalue weighted by Gasteiger charge is 2.42. The zero-order chi connectivity index (χ0) is 26.2. The summed E-state index contributed by atoms with van der Waals surface area (Å²) in [6.07, 6.45) is 6.95. The van der Waals surface area contributed by atoms with Crippen LogP contribution in [-0.2, 0) is 0 Å². The molecule has 2 aliphatic rings. The van der Waals surface area contributed by atoms with E-state index in [4.69, 9.17) is 33.5 Å². The summed E-state index contributed by atoms with van der Waals surface area (Å²) in [5, 5.41) is 4.99. The first-order chi connectivity index (χ1) is 18.5. The topological polar surface area (TPSA) is 42.3 Å². The highest BCUT2D eigenvalue weighted by Crippen LogP contribution is 2.44. The van der Waals surface area contributed by atoms with Gasteiger partial charge in [0.25, 0.3) is 0 Å². The molecule has 4 aromatic rings. The number of nitrogens with zero attached hydrogens (tertiary/aromatic N) is 3. The first-order valence-corrected chi connectivity index (χ1v) is 14.0. The second-order valence-corrected chi connectivity index (χ2v) is 11.0. The summed E-state index contributed by atoms with van der Waals surface area (Å²) in [4.78, 5) is 6.93. The fourth-order valence-corrected chi connectivity index (χ4v) is 6.38. The Balaban J connectivity index is 1.41. The molecule has 1 N–H and O–H groups in total. The first-order valence-electron chi connectivity index (χ1n) is 13.2. The van der Waals surface area contributed by atoms with Crippen molar-refractivity contribution >= 4 is 34.6 Å². The van der Waals surface area contributed by atoms with Gasteiger partial charge in [0, 0.05) is 34.0 Å². The molecule has 6 rings (SSSR count). The van der Waals surface area contributed by atoms with Gasteiger partial charge in [0.15, 0.2) is 5.11 Å². The summed E-state index contributed by atoms with van der Waals surface area (Å²) in [7, 11) is 0. The molecule has 3 heterocycles. The van der Waals surface area contributed by atoms with Crippen LogP contribution in [0.2, 0.25) is 5.02 Å². The summed E-state index contributed by atoms with van der Waals surface area (Å²) in [5.74, 6) is 0.914. The molecule has 0 amide bonds. The van der Waals surface area contributed by atoms with Gasteiger partial charge in [-0.1, -0.05) is 17.7 Å². The Morgan fingerprint density at radius 2 is 1.66 bits per heavy atom. The van der Waals surface area contributed by atoms with Crippen LogP contribution in [0.4, 0.5) is 5.69 Å². The maximum absolute atomic E-state index is 6.23. The van der Waals surface area contributed by atoms with E-state index in [0.29, 0.717) is 11.2 Å². The minimum absolute atomic E-state index is 0.0775. The molecule has 1 aliphatic carbocycles. The number of hydrogen-bond donors (Lipinski definition) is 1. The lowest BCUT2D eigenvalue weighted by atomic mass is 9.96. The van der Waals surface area contributed by atoms with Gasteiger partial charge in [-0.05, 0) is 124 Å². The number of benzene rings is 2. The third-order valence-electron chi connectivity index (χ3n) is 7.69. The second kappa shape index (κ2) is 10.4. The molecule has 1 saturated carbocycles. The number of aryl methyl sites for hydroxylation is 1. The van der Waals surface area contributed by atoms with Crippen LogP contribution in [0.3, 0.4) is 0 Å². The van der Waals surface area contributed by atoms with Crippen LogP contribution in [0.15, 0.2) is 79.0 Å². The largest absolute Gasteiger partial charge is 0.490 e. The molecule has 38 heavy (non-hydrogen) atoms. The van der Waals surface area contributed by atoms with Gasteiger partial charge in [-0.15, -0.1) is 0 Å². The van der Waals surface area contributed by atoms with Gasteiger partial charge < -0.3 is 19.5 Å². The molecule has 2 aromatic heterocycles. The molecular weight excluding hydrogens is 512 g/mol. The lowest BCUT2D eigenvalue weighted by molar-refractivity contribution is 0.210. The number of pyridine rings is 1. The van der Waals surface area contributed by atoms with Crippen molar-refractivity contribution in [3.05, 3.63) is 107 Å². The van der Waals surface area contributed by atoms with Crippen molar-refractivity contribution in [2.75, 3.05) is 4.90 Å². The van der Waals surface area contributed by atoms with Gasteiger partial charge in [-0.2, -0.15) is 0 Å². The Labute approximate surface area is 234 Å². The van der Waals surface area contributed by atoms with Crippen molar-refractivity contribution in [3.8, 4) is 11.4 Å². The fraction of sp³-hybridized carbons (Fsp3) is 0.290. The molecule has 0 spiro atoms. The van der Waals surface area contributed by atoms with Crippen LogP contribution in [0, 0.1) is 13.8 Å². The Kier molecular flexibility index (Phi) is 6.85. The lowest BCUT2D eigenvalue weighted by Crippen LogP contribution is -2.29. The van der Waals surface area contributed by atoms with Crippen molar-refractivity contribution in [1.82, 2.24) is 14.9 Å². The predicted octanol–water partition coefficient (Wildman–Crippen LogP) is 7.64. The zero-order valence-corrected chi connectivity index (χ0v) is 23.2. The minimum atomic E-state index is -0.0997. The molecule has 7 heteroatoms. The van der Waals surface area contributed by atoms with Crippen molar-refractivity contribution in [3.63, 3.8) is 0 Å². The fourth-order valence-electron chi connectivity index (χ4n) is 5.91. The average Bonchev–Trinajstić information content (AvgIpc) is 3.64. The standard InChI is InChI=1S/C31H31ClN4OS/c1-20-19-27(21(2)35(20)23-12-10-22(32)11-13-23)30-29(28-9-5-6-18-33-28)34-31(38)36(30)24-14-16-26(17-15-24)37-25-7-3-4-8-25/h5-6,9-19,25,29-30H,3-4,7-8H2,1-2H3,(H,34,38)/t29-,30-/m0/s1. The molecule has 2 aromatic carbocycles. The lowest BCUT2D eigenvalue weighted by Gasteiger charge is -2.28. The summed E-state index contributed by atoms with van der Waals surface area (Å²) in [6, 6.07) is 24.5. The molecule has 2 atom stereocenters. The number of ether oxygens (including phenoxy) is 1. The summed E-state index contributed by atoms with van der Waals surface area (Å²) in [5.41, 5.74) is 6.58. The van der Waals surface area contributed by atoms with Crippen LogP contribution in [0.1, 0.15) is 60.4 Å². The van der Waals surface area contributed by atoms with Gasteiger partial charge in [0.1, 0.15) is 5.75 Å². The predicted molar refractivity (Wildman–Crippen MR) is 158 cm³/mol. The molecule has 1 aliphatic heterocycles. The summed E-state index contributed by atoms with van der Waals surface area (Å²) in [6.45, 7) is 4.31. The summed E-state index contributed by atoms with van der Waals surface area (Å²) >= 11 is 12.1. The molecule has 5 nitrogen and oxygen atoms in total. The van der Waals surface area contributed by atoms with Crippen LogP contribution in [-0.4, -0.2) is 20.8 Å². The van der Waals surface area contributed by atoms with E-state index in [1.54, 1.807) is 0 Å². The quantitative estimate of drug-likeness (QED) is 0.253. The van der Waals surface area contributed by atoms with E-state index in [-0.39, 0.29) is 12.1 Å². The molecule has 0 radical (unpaired) electrons. The van der Waals surface area contributed by atoms with Crippen molar-refractivity contribution < 1.29 is 4.74 Å². The second-order valence-electron chi connectivity index (χ2n) is 10.2. The number of nitrogens with one attached hydrogen (secondary N) is 1. The molecule has 194 valence electrons. The SMILES string of the molecule is Cc1cc([C@H]2[C@H](c3ccccn3)NC(=S)N2c2ccc(OC3CCCC3)cc2)c(C)n1-c1ccc(Cl)cc1. The normalized spacial score (nSPS) is 19.7. The molecule has 0 unspecified atom stereocenters. The first kappa shape index (κ1) is 25.0. The van der Waals surface area contributed by atoms with Crippen molar-refractivity contribution in [1.29, 1.82) is 0 Å². The number of anilines is 1. The Hall–Kier alpha value is -3.35. The van der Waals surface area contributed by atoms with E-state index in [2.05, 4.69) is 77.2 Å². The number of aromatic nitrogens is 2. The van der Waals surface area contributed by atoms with E-state index < -0.39 is 0 Å². The Morgan fingerprint density at radius 1 is 0.947 bits per heavy atom. The zero-order valence-electron chi connectivity index (χ0n) is 21.6. The molecule has 0 bridgehead atoms. The van der Waals surface area contributed by atoms with Crippen LogP contribution < -0.4 is 15.0 Å². The van der Waals surface area contributed by atoms with E-state index in [1.807, 2.05) is 30.5 Å². The van der Waals surface area contributed by atoms with E-state index >= 15 is 0 Å². The van der Waals surface area contributed by atoms with Gasteiger partial charge in [-0.25, -0.2) is 0 Å². The smallest absolute Gasteiger partial charge is 0.174 e. The average molecular weight is 543 g/mol. The van der Waals surface area contributed by atoms with E-state index in [9.17, 15) is 0 Å². The number of rotatable bonds is 6. The van der Waals surface area contributed by atoms with E-state index in [0.717, 1.165) is 52.1 Å². The maximum atomic E-state index is 6.23.